The van der Waals surface area contributed by atoms with E-state index >= 15 is 0 Å². The summed E-state index contributed by atoms with van der Waals surface area (Å²) >= 11 is -0.1000. The summed E-state index contributed by atoms with van der Waals surface area (Å²) in [7, 11) is 0. The topological polar surface area (TPSA) is 63.2 Å². The Hall–Kier alpha value is -0.970. The van der Waals surface area contributed by atoms with E-state index in [0.717, 1.165) is 0 Å². The Labute approximate surface area is 89.3 Å². The Kier molecular flexibility index (Phi) is 3.36. The van der Waals surface area contributed by atoms with Gasteiger partial charge in [-0.3, -0.25) is 9.59 Å². The Bertz CT molecular complexity index is 364. The number of hydrogen-bond donors (Lipinski definition) is 1. The number of para-hydroxylation sites is 1. The molecule has 2 rings (SSSR count). The maximum atomic E-state index is 11.0. The van der Waals surface area contributed by atoms with Crippen LogP contribution in [0.25, 0.3) is 0 Å². The summed E-state index contributed by atoms with van der Waals surface area (Å²) in [4.78, 5) is 21.8. The van der Waals surface area contributed by atoms with Crippen molar-refractivity contribution in [2.75, 3.05) is 5.32 Å². The van der Waals surface area contributed by atoms with Crippen LogP contribution in [0.2, 0.25) is 0 Å². The number of ketones is 1. The molecule has 64 valence electrons. The molecule has 1 heterocycles. The van der Waals surface area contributed by atoms with Crippen LogP contribution in [-0.2, 0) is 7.65 Å². The summed E-state index contributed by atoms with van der Waals surface area (Å²) in [5, 5.41) is 2.46. The molecule has 0 saturated carbocycles. The molecule has 0 radical (unpaired) electrons. The van der Waals surface area contributed by atoms with E-state index in [1.165, 1.54) is 0 Å². The molecule has 4 nitrogen and oxygen atoms in total. The molecule has 0 fully saturated rings. The maximum absolute atomic E-state index is 11.0. The molecule has 1 aliphatic heterocycles. The van der Waals surface area contributed by atoms with E-state index in [2.05, 4.69) is 5.32 Å². The summed E-state index contributed by atoms with van der Waals surface area (Å²) in [6.07, 6.45) is 0. The Balaban J connectivity index is 0.000000396. The second-order valence-corrected chi connectivity index (χ2v) is 2.33. The molecule has 13 heavy (non-hydrogen) atoms. The molecule has 0 bridgehead atoms. The van der Waals surface area contributed by atoms with Gasteiger partial charge in [-0.15, -0.1) is 0 Å². The molecule has 1 amide bonds. The Morgan fingerprint density at radius 2 is 1.69 bits per heavy atom. The number of carbonyl (C=O) groups excluding carboxylic acids is 2. The van der Waals surface area contributed by atoms with Crippen molar-refractivity contribution in [1.29, 1.82) is 0 Å². The minimum absolute atomic E-state index is 0.1000. The van der Waals surface area contributed by atoms with Crippen LogP contribution in [0.1, 0.15) is 10.4 Å². The third-order valence-corrected chi connectivity index (χ3v) is 1.63. The molecule has 0 unspecified atom stereocenters. The van der Waals surface area contributed by atoms with Gasteiger partial charge in [0.2, 0.25) is 0 Å². The van der Waals surface area contributed by atoms with Gasteiger partial charge in [0, 0.05) is 0 Å². The monoisotopic (exact) mass is 279 g/mol. The first kappa shape index (κ1) is 10.1. The zero-order chi connectivity index (χ0) is 9.84. The van der Waals surface area contributed by atoms with Crippen molar-refractivity contribution in [3.05, 3.63) is 29.8 Å². The molecule has 1 aliphatic rings. The number of rotatable bonds is 0. The molecule has 0 spiro atoms. The van der Waals surface area contributed by atoms with E-state index in [-0.39, 0.29) is 24.4 Å². The number of amides is 1. The van der Waals surface area contributed by atoms with Crippen LogP contribution < -0.4 is 5.32 Å². The molecule has 5 heteroatoms. The van der Waals surface area contributed by atoms with Crippen molar-refractivity contribution in [3.63, 3.8) is 0 Å². The fourth-order valence-corrected chi connectivity index (χ4v) is 1.09. The number of fused-ring (bicyclic) bond motifs is 1. The molecular weight excluding hydrogens is 273 g/mol. The van der Waals surface area contributed by atoms with Gasteiger partial charge in [0.25, 0.3) is 11.7 Å². The van der Waals surface area contributed by atoms with Gasteiger partial charge in [-0.25, -0.2) is 0 Å². The third kappa shape index (κ3) is 1.85. The van der Waals surface area contributed by atoms with Gasteiger partial charge in [-0.05, 0) is 12.1 Å². The van der Waals surface area contributed by atoms with E-state index in [1.54, 1.807) is 24.3 Å². The summed E-state index contributed by atoms with van der Waals surface area (Å²) in [6.45, 7) is 0. The standard InChI is InChI=1S/C8H5NO2.In.O.H/c10-7-5-3-1-2-4-6(5)9-8(7)11;;;/h1-4H,(H,9,10,11);;;. The molecule has 0 aliphatic carbocycles. The molecule has 1 aromatic rings. The number of Topliss-reactive ketones (excluding diaryl/α,β-unsaturated/α-hetero) is 1. The fraction of sp³-hybridized carbons (Fsp3) is 0. The first-order valence-corrected chi connectivity index (χ1v) is 5.17. The summed E-state index contributed by atoms with van der Waals surface area (Å²) in [5.74, 6) is -0.980. The molecular formula is C8H6InNO3. The molecule has 1 aromatic carbocycles. The molecule has 0 atom stereocenters. The number of nitrogens with one attached hydrogen (secondary N) is 1. The zero-order valence-electron chi connectivity index (χ0n) is 6.74. The van der Waals surface area contributed by atoms with Crippen molar-refractivity contribution in [2.45, 2.75) is 0 Å². The minimum atomic E-state index is -0.536. The number of carbonyl (C=O) groups is 2. The number of anilines is 1. The normalized spacial score (nSPS) is 12.5. The van der Waals surface area contributed by atoms with Crippen LogP contribution in [0.3, 0.4) is 0 Å². The second kappa shape index (κ2) is 4.32. The first-order valence-electron chi connectivity index (χ1n) is 3.52. The second-order valence-electron chi connectivity index (χ2n) is 2.33. The molecule has 1 N–H and O–H groups in total. The van der Waals surface area contributed by atoms with Gasteiger partial charge in [-0.1, -0.05) is 12.1 Å². The van der Waals surface area contributed by atoms with E-state index in [0.29, 0.717) is 11.3 Å². The van der Waals surface area contributed by atoms with Crippen molar-refractivity contribution in [3.8, 4) is 0 Å². The van der Waals surface area contributed by atoms with E-state index < -0.39 is 11.7 Å². The van der Waals surface area contributed by atoms with Crippen LogP contribution in [0.5, 0.6) is 0 Å². The summed E-state index contributed by atoms with van der Waals surface area (Å²) in [6, 6.07) is 6.85. The van der Waals surface area contributed by atoms with Gasteiger partial charge >= 0.3 is 27.2 Å². The van der Waals surface area contributed by atoms with Gasteiger partial charge in [0.05, 0.1) is 11.3 Å². The average molecular weight is 279 g/mol. The number of benzene rings is 1. The van der Waals surface area contributed by atoms with Crippen LogP contribution in [0, 0.1) is 0 Å². The Morgan fingerprint density at radius 1 is 1.08 bits per heavy atom. The third-order valence-electron chi connectivity index (χ3n) is 1.63. The van der Waals surface area contributed by atoms with Crippen molar-refractivity contribution >= 4 is 41.8 Å². The van der Waals surface area contributed by atoms with Gasteiger partial charge in [0.1, 0.15) is 0 Å². The fourth-order valence-electron chi connectivity index (χ4n) is 1.09. The predicted octanol–water partition coefficient (Wildman–Crippen LogP) is 0.0541. The van der Waals surface area contributed by atoms with Crippen molar-refractivity contribution < 1.29 is 12.4 Å². The van der Waals surface area contributed by atoms with Gasteiger partial charge in [-0.2, -0.15) is 0 Å². The first-order chi connectivity index (χ1) is 6.29. The van der Waals surface area contributed by atoms with E-state index in [9.17, 15) is 9.59 Å². The summed E-state index contributed by atoms with van der Waals surface area (Å²) in [5.41, 5.74) is 1.08. The van der Waals surface area contributed by atoms with Crippen LogP contribution >= 0.6 is 0 Å². The molecule has 0 aromatic heterocycles. The van der Waals surface area contributed by atoms with E-state index in [1.807, 2.05) is 0 Å². The van der Waals surface area contributed by atoms with Crippen LogP contribution in [0.4, 0.5) is 5.69 Å². The Morgan fingerprint density at radius 3 is 2.31 bits per heavy atom. The van der Waals surface area contributed by atoms with Crippen molar-refractivity contribution in [1.82, 2.24) is 0 Å². The van der Waals surface area contributed by atoms with Gasteiger partial charge < -0.3 is 5.32 Å². The number of hydrogen-bond acceptors (Lipinski definition) is 3. The SMILES string of the molecule is O=C1Nc2ccccc2C1=O.[O]=[InH]. The van der Waals surface area contributed by atoms with Crippen LogP contribution in [-0.4, -0.2) is 36.1 Å². The summed E-state index contributed by atoms with van der Waals surface area (Å²) < 4.78 is 8.42. The van der Waals surface area contributed by atoms with Crippen LogP contribution in [0.15, 0.2) is 24.3 Å². The zero-order valence-corrected chi connectivity index (χ0v) is 10.8. The van der Waals surface area contributed by atoms with E-state index in [4.69, 9.17) is 2.85 Å². The quantitative estimate of drug-likeness (QED) is 0.683. The van der Waals surface area contributed by atoms with Gasteiger partial charge in [0.15, 0.2) is 0 Å². The molecule has 0 saturated heterocycles. The predicted molar refractivity (Wildman–Crippen MR) is 47.2 cm³/mol. The van der Waals surface area contributed by atoms with Crippen molar-refractivity contribution in [2.24, 2.45) is 0 Å². The average Bonchev–Trinajstić information content (AvgIpc) is 2.47.